The van der Waals surface area contributed by atoms with Crippen LogP contribution in [0.3, 0.4) is 0 Å². The molecule has 0 bridgehead atoms. The van der Waals surface area contributed by atoms with Crippen LogP contribution in [0.2, 0.25) is 0 Å². The van der Waals surface area contributed by atoms with Crippen LogP contribution in [0.1, 0.15) is 27.2 Å². The zero-order valence-electron chi connectivity index (χ0n) is 11.0. The summed E-state index contributed by atoms with van der Waals surface area (Å²) in [6.07, 6.45) is -4.80. The molecule has 0 aromatic heterocycles. The van der Waals surface area contributed by atoms with E-state index in [1.165, 1.54) is 0 Å². The number of halogens is 3. The molecule has 0 fully saturated rings. The molecule has 0 saturated carbocycles. The number of hydrogen-bond acceptors (Lipinski definition) is 3. The third-order valence-electron chi connectivity index (χ3n) is 2.78. The Labute approximate surface area is 109 Å². The molecule has 8 heteroatoms. The summed E-state index contributed by atoms with van der Waals surface area (Å²) in [6, 6.07) is 0. The average molecular weight is 284 g/mol. The van der Waals surface area contributed by atoms with E-state index in [0.29, 0.717) is 6.92 Å². The zero-order chi connectivity index (χ0) is 15.4. The third-order valence-corrected chi connectivity index (χ3v) is 2.78. The summed E-state index contributed by atoms with van der Waals surface area (Å²) in [4.78, 5) is 22.5. The maximum Gasteiger partial charge on any atom is 0.422 e. The first kappa shape index (κ1) is 17.7. The van der Waals surface area contributed by atoms with Crippen molar-refractivity contribution in [1.82, 2.24) is 5.32 Å². The summed E-state index contributed by atoms with van der Waals surface area (Å²) in [5.74, 6) is -3.95. The fraction of sp³-hybridized carbons (Fsp3) is 0.818. The van der Waals surface area contributed by atoms with Crippen molar-refractivity contribution < 1.29 is 27.9 Å². The monoisotopic (exact) mass is 284 g/mol. The van der Waals surface area contributed by atoms with Crippen molar-refractivity contribution in [3.63, 3.8) is 0 Å². The highest BCUT2D eigenvalue weighted by Crippen LogP contribution is 2.31. The van der Waals surface area contributed by atoms with Crippen molar-refractivity contribution in [1.29, 1.82) is 0 Å². The molecule has 0 aromatic carbocycles. The van der Waals surface area contributed by atoms with Crippen molar-refractivity contribution in [2.24, 2.45) is 17.6 Å². The van der Waals surface area contributed by atoms with Crippen LogP contribution >= 0.6 is 0 Å². The number of carbonyl (C=O) groups excluding carboxylic acids is 1. The summed E-state index contributed by atoms with van der Waals surface area (Å²) < 4.78 is 38.2. The molecular weight excluding hydrogens is 265 g/mol. The first-order chi connectivity index (χ1) is 8.45. The number of rotatable bonds is 6. The number of aliphatic carboxylic acids is 1. The Morgan fingerprint density at radius 2 is 1.79 bits per heavy atom. The van der Waals surface area contributed by atoms with Crippen LogP contribution in [-0.4, -0.2) is 35.2 Å². The van der Waals surface area contributed by atoms with E-state index in [4.69, 9.17) is 10.8 Å². The highest BCUT2D eigenvalue weighted by molar-refractivity contribution is 5.88. The molecule has 0 radical (unpaired) electrons. The lowest BCUT2D eigenvalue weighted by atomic mass is 9.94. The Hall–Kier alpha value is -1.31. The average Bonchev–Trinajstić information content (AvgIpc) is 2.23. The lowest BCUT2D eigenvalue weighted by molar-refractivity contribution is -0.207. The van der Waals surface area contributed by atoms with Crippen molar-refractivity contribution >= 4 is 11.9 Å². The molecule has 0 spiro atoms. The summed E-state index contributed by atoms with van der Waals surface area (Å²) in [5.41, 5.74) is 2.03. The normalized spacial score (nSPS) is 16.8. The van der Waals surface area contributed by atoms with E-state index in [9.17, 15) is 22.8 Å². The molecule has 112 valence electrons. The SMILES string of the molecule is CC(C)CC(CN)C(=O)NC(C)(C(=O)O)C(F)(F)F. The smallest absolute Gasteiger partial charge is 0.422 e. The van der Waals surface area contributed by atoms with Gasteiger partial charge in [-0.05, 0) is 19.3 Å². The van der Waals surface area contributed by atoms with Gasteiger partial charge >= 0.3 is 12.1 Å². The number of nitrogens with two attached hydrogens (primary N) is 1. The largest absolute Gasteiger partial charge is 0.479 e. The Kier molecular flexibility index (Phi) is 5.80. The van der Waals surface area contributed by atoms with Gasteiger partial charge in [-0.1, -0.05) is 13.8 Å². The number of carboxylic acid groups (broad SMARTS) is 1. The number of alkyl halides is 3. The summed E-state index contributed by atoms with van der Waals surface area (Å²) in [5, 5.41) is 10.2. The van der Waals surface area contributed by atoms with E-state index >= 15 is 0 Å². The van der Waals surface area contributed by atoms with Crippen LogP contribution in [0.5, 0.6) is 0 Å². The summed E-state index contributed by atoms with van der Waals surface area (Å²) in [6.45, 7) is 3.85. The molecule has 1 amide bonds. The van der Waals surface area contributed by atoms with Gasteiger partial charge in [-0.25, -0.2) is 4.79 Å². The number of amides is 1. The molecular formula is C11H19F3N2O3. The molecule has 0 saturated heterocycles. The van der Waals surface area contributed by atoms with Gasteiger partial charge in [-0.15, -0.1) is 0 Å². The van der Waals surface area contributed by atoms with Gasteiger partial charge in [0.1, 0.15) is 0 Å². The molecule has 4 N–H and O–H groups in total. The van der Waals surface area contributed by atoms with Gasteiger partial charge in [0.15, 0.2) is 0 Å². The zero-order valence-corrected chi connectivity index (χ0v) is 11.0. The molecule has 19 heavy (non-hydrogen) atoms. The van der Waals surface area contributed by atoms with Crippen LogP contribution < -0.4 is 11.1 Å². The lowest BCUT2D eigenvalue weighted by Gasteiger charge is -2.30. The fourth-order valence-corrected chi connectivity index (χ4v) is 1.47. The highest BCUT2D eigenvalue weighted by atomic mass is 19.4. The standard InChI is InChI=1S/C11H19F3N2O3/c1-6(2)4-7(5-15)8(17)16-10(3,9(18)19)11(12,13)14/h6-7H,4-5,15H2,1-3H3,(H,16,17)(H,18,19). The minimum atomic E-state index is -5.09. The fourth-order valence-electron chi connectivity index (χ4n) is 1.47. The molecule has 2 unspecified atom stereocenters. The molecule has 0 heterocycles. The highest BCUT2D eigenvalue weighted by Gasteiger charge is 2.58. The van der Waals surface area contributed by atoms with Crippen LogP contribution in [0, 0.1) is 11.8 Å². The molecule has 0 aliphatic heterocycles. The van der Waals surface area contributed by atoms with E-state index in [1.807, 2.05) is 0 Å². The second-order valence-electron chi connectivity index (χ2n) is 4.98. The van der Waals surface area contributed by atoms with Gasteiger partial charge in [-0.3, -0.25) is 4.79 Å². The lowest BCUT2D eigenvalue weighted by Crippen LogP contribution is -2.63. The first-order valence-electron chi connectivity index (χ1n) is 5.78. The van der Waals surface area contributed by atoms with Gasteiger partial charge in [0.2, 0.25) is 11.4 Å². The second-order valence-corrected chi connectivity index (χ2v) is 4.98. The van der Waals surface area contributed by atoms with E-state index in [0.717, 1.165) is 0 Å². The van der Waals surface area contributed by atoms with Crippen LogP contribution in [0.4, 0.5) is 13.2 Å². The van der Waals surface area contributed by atoms with Gasteiger partial charge < -0.3 is 16.2 Å². The third kappa shape index (κ3) is 4.38. The molecule has 2 atom stereocenters. The second kappa shape index (κ2) is 6.23. The van der Waals surface area contributed by atoms with Gasteiger partial charge in [0.05, 0.1) is 5.92 Å². The number of carbonyl (C=O) groups is 2. The minimum absolute atomic E-state index is 0.0567. The van der Waals surface area contributed by atoms with Crippen molar-refractivity contribution in [3.8, 4) is 0 Å². The predicted octanol–water partition coefficient (Wildman–Crippen LogP) is 1.13. The molecule has 0 aliphatic carbocycles. The molecule has 5 nitrogen and oxygen atoms in total. The van der Waals surface area contributed by atoms with Gasteiger partial charge in [0, 0.05) is 6.54 Å². The van der Waals surface area contributed by atoms with Crippen LogP contribution in [0.15, 0.2) is 0 Å². The Morgan fingerprint density at radius 1 is 1.32 bits per heavy atom. The van der Waals surface area contributed by atoms with Crippen molar-refractivity contribution in [2.45, 2.75) is 38.9 Å². The van der Waals surface area contributed by atoms with Crippen LogP contribution in [0.25, 0.3) is 0 Å². The quantitative estimate of drug-likeness (QED) is 0.681. The topological polar surface area (TPSA) is 92.4 Å². The van der Waals surface area contributed by atoms with Crippen LogP contribution in [-0.2, 0) is 9.59 Å². The maximum absolute atomic E-state index is 12.7. The van der Waals surface area contributed by atoms with Crippen molar-refractivity contribution in [2.75, 3.05) is 6.54 Å². The number of carboxylic acids is 1. The first-order valence-corrected chi connectivity index (χ1v) is 5.78. The number of hydrogen-bond donors (Lipinski definition) is 3. The summed E-state index contributed by atoms with van der Waals surface area (Å²) >= 11 is 0. The van der Waals surface area contributed by atoms with Gasteiger partial charge in [0.25, 0.3) is 0 Å². The molecule has 0 aliphatic rings. The van der Waals surface area contributed by atoms with E-state index in [-0.39, 0.29) is 18.9 Å². The minimum Gasteiger partial charge on any atom is -0.479 e. The van der Waals surface area contributed by atoms with E-state index in [2.05, 4.69) is 0 Å². The predicted molar refractivity (Wildman–Crippen MR) is 62.2 cm³/mol. The van der Waals surface area contributed by atoms with Crippen molar-refractivity contribution in [3.05, 3.63) is 0 Å². The van der Waals surface area contributed by atoms with Gasteiger partial charge in [-0.2, -0.15) is 13.2 Å². The van der Waals surface area contributed by atoms with E-state index in [1.54, 1.807) is 19.2 Å². The Balaban J connectivity index is 5.06. The Bertz CT molecular complexity index is 345. The molecule has 0 rings (SSSR count). The maximum atomic E-state index is 12.7. The Morgan fingerprint density at radius 3 is 2.05 bits per heavy atom. The summed E-state index contributed by atoms with van der Waals surface area (Å²) in [7, 11) is 0. The number of nitrogens with one attached hydrogen (secondary N) is 1. The molecule has 0 aromatic rings. The van der Waals surface area contributed by atoms with E-state index < -0.39 is 29.5 Å².